The fourth-order valence-corrected chi connectivity index (χ4v) is 1.77. The molecule has 1 aromatic heterocycles. The molecule has 0 saturated carbocycles. The van der Waals surface area contributed by atoms with Crippen LogP contribution in [-0.4, -0.2) is 18.1 Å². The number of halogens is 2. The maximum absolute atomic E-state index is 14.2. The van der Waals surface area contributed by atoms with Crippen molar-refractivity contribution in [3.8, 4) is 0 Å². The Bertz CT molecular complexity index is 322. The zero-order chi connectivity index (χ0) is 10.0. The summed E-state index contributed by atoms with van der Waals surface area (Å²) in [6.45, 7) is 1.08. The van der Waals surface area contributed by atoms with Gasteiger partial charge in [0, 0.05) is 18.3 Å². The molecule has 1 aliphatic rings. The van der Waals surface area contributed by atoms with Gasteiger partial charge in [0.25, 0.3) is 0 Å². The highest BCUT2D eigenvalue weighted by Gasteiger charge is 2.34. The van der Waals surface area contributed by atoms with E-state index in [1.807, 2.05) is 0 Å². The second-order valence-electron chi connectivity index (χ2n) is 3.64. The fraction of sp³-hybridized carbons (Fsp3) is 0.500. The van der Waals surface area contributed by atoms with Crippen LogP contribution in [0.1, 0.15) is 18.4 Å². The van der Waals surface area contributed by atoms with Gasteiger partial charge in [0.1, 0.15) is 11.5 Å². The monoisotopic (exact) mass is 198 g/mol. The number of pyridine rings is 1. The maximum atomic E-state index is 14.2. The zero-order valence-corrected chi connectivity index (χ0v) is 7.76. The van der Waals surface area contributed by atoms with E-state index in [0.717, 1.165) is 19.2 Å². The molecule has 0 bridgehead atoms. The lowest BCUT2D eigenvalue weighted by Gasteiger charge is -2.30. The summed E-state index contributed by atoms with van der Waals surface area (Å²) in [5.74, 6) is -0.481. The van der Waals surface area contributed by atoms with Crippen LogP contribution in [-0.2, 0) is 5.67 Å². The fourth-order valence-electron chi connectivity index (χ4n) is 1.77. The summed E-state index contributed by atoms with van der Waals surface area (Å²) in [6.07, 6.45) is 3.69. The second-order valence-corrected chi connectivity index (χ2v) is 3.64. The molecule has 1 fully saturated rings. The molecular weight excluding hydrogens is 186 g/mol. The molecule has 0 amide bonds. The van der Waals surface area contributed by atoms with Crippen molar-refractivity contribution in [3.63, 3.8) is 0 Å². The van der Waals surface area contributed by atoms with E-state index in [2.05, 4.69) is 10.3 Å². The van der Waals surface area contributed by atoms with Gasteiger partial charge in [0.15, 0.2) is 0 Å². The van der Waals surface area contributed by atoms with Crippen LogP contribution in [0.2, 0.25) is 0 Å². The Morgan fingerprint density at radius 1 is 1.43 bits per heavy atom. The van der Waals surface area contributed by atoms with Gasteiger partial charge in [-0.2, -0.15) is 0 Å². The Morgan fingerprint density at radius 2 is 2.29 bits per heavy atom. The summed E-state index contributed by atoms with van der Waals surface area (Å²) in [5.41, 5.74) is -1.11. The highest BCUT2D eigenvalue weighted by atomic mass is 19.1. The first-order chi connectivity index (χ1) is 6.71. The molecule has 2 heterocycles. The van der Waals surface area contributed by atoms with Crippen LogP contribution in [0.4, 0.5) is 8.78 Å². The smallest absolute Gasteiger partial charge is 0.149 e. The van der Waals surface area contributed by atoms with E-state index in [1.54, 1.807) is 0 Å². The number of hydrogen-bond donors (Lipinski definition) is 1. The Balaban J connectivity index is 2.28. The molecule has 4 heteroatoms. The third-order valence-electron chi connectivity index (χ3n) is 2.55. The Morgan fingerprint density at radius 3 is 2.93 bits per heavy atom. The normalized spacial score (nSPS) is 27.6. The summed E-state index contributed by atoms with van der Waals surface area (Å²) in [5, 5.41) is 2.97. The minimum absolute atomic E-state index is 0.248. The summed E-state index contributed by atoms with van der Waals surface area (Å²) >= 11 is 0. The van der Waals surface area contributed by atoms with Gasteiger partial charge in [-0.3, -0.25) is 4.98 Å². The van der Waals surface area contributed by atoms with Crippen LogP contribution in [0, 0.1) is 5.82 Å². The number of nitrogens with zero attached hydrogens (tertiary/aromatic N) is 1. The lowest BCUT2D eigenvalue weighted by atomic mass is 9.89. The van der Waals surface area contributed by atoms with Crippen LogP contribution in [0.15, 0.2) is 18.5 Å². The van der Waals surface area contributed by atoms with Crippen molar-refractivity contribution in [2.45, 2.75) is 18.5 Å². The highest BCUT2D eigenvalue weighted by Crippen LogP contribution is 2.32. The first-order valence-corrected chi connectivity index (χ1v) is 4.71. The standard InChI is InChI=1S/C10H12F2N2/c11-9-4-8(5-14-6-9)10(12)2-1-3-13-7-10/h4-6,13H,1-3,7H2. The third kappa shape index (κ3) is 1.75. The van der Waals surface area contributed by atoms with Gasteiger partial charge in [-0.05, 0) is 25.5 Å². The van der Waals surface area contributed by atoms with Crippen LogP contribution >= 0.6 is 0 Å². The maximum Gasteiger partial charge on any atom is 0.149 e. The molecule has 1 aliphatic heterocycles. The number of piperidine rings is 1. The van der Waals surface area contributed by atoms with Crippen molar-refractivity contribution in [1.82, 2.24) is 10.3 Å². The SMILES string of the molecule is Fc1cncc(C2(F)CCCNC2)c1. The zero-order valence-electron chi connectivity index (χ0n) is 7.76. The summed E-state index contributed by atoms with van der Waals surface area (Å²) in [6, 6.07) is 1.22. The highest BCUT2D eigenvalue weighted by molar-refractivity contribution is 5.20. The first-order valence-electron chi connectivity index (χ1n) is 4.71. The van der Waals surface area contributed by atoms with Gasteiger partial charge in [-0.25, -0.2) is 8.78 Å². The topological polar surface area (TPSA) is 24.9 Å². The van der Waals surface area contributed by atoms with Crippen molar-refractivity contribution in [2.75, 3.05) is 13.1 Å². The molecule has 1 atom stereocenters. The lowest BCUT2D eigenvalue weighted by molar-refractivity contribution is 0.121. The minimum Gasteiger partial charge on any atom is -0.313 e. The van der Waals surface area contributed by atoms with E-state index in [0.29, 0.717) is 12.0 Å². The predicted molar refractivity (Wildman–Crippen MR) is 49.1 cm³/mol. The van der Waals surface area contributed by atoms with Crippen LogP contribution < -0.4 is 5.32 Å². The molecular formula is C10H12F2N2. The summed E-state index contributed by atoms with van der Waals surface area (Å²) in [7, 11) is 0. The lowest BCUT2D eigenvalue weighted by Crippen LogP contribution is -2.40. The molecule has 76 valence electrons. The average Bonchev–Trinajstić information content (AvgIpc) is 2.19. The van der Waals surface area contributed by atoms with Crippen LogP contribution in [0.5, 0.6) is 0 Å². The molecule has 1 saturated heterocycles. The third-order valence-corrected chi connectivity index (χ3v) is 2.55. The number of rotatable bonds is 1. The largest absolute Gasteiger partial charge is 0.313 e. The Kier molecular flexibility index (Phi) is 2.46. The first kappa shape index (κ1) is 9.52. The minimum atomic E-state index is -1.45. The molecule has 0 aliphatic carbocycles. The predicted octanol–water partition coefficient (Wildman–Crippen LogP) is 1.77. The van der Waals surface area contributed by atoms with Crippen molar-refractivity contribution < 1.29 is 8.78 Å². The van der Waals surface area contributed by atoms with Crippen molar-refractivity contribution in [3.05, 3.63) is 29.8 Å². The van der Waals surface area contributed by atoms with E-state index in [1.165, 1.54) is 12.3 Å². The van der Waals surface area contributed by atoms with Gasteiger partial charge < -0.3 is 5.32 Å². The molecule has 0 radical (unpaired) electrons. The van der Waals surface area contributed by atoms with E-state index < -0.39 is 11.5 Å². The van der Waals surface area contributed by atoms with Gasteiger partial charge >= 0.3 is 0 Å². The van der Waals surface area contributed by atoms with Crippen LogP contribution in [0.25, 0.3) is 0 Å². The summed E-state index contributed by atoms with van der Waals surface area (Å²) in [4.78, 5) is 3.66. The second kappa shape index (κ2) is 3.61. The molecule has 1 aromatic rings. The molecule has 2 rings (SSSR count). The molecule has 1 N–H and O–H groups in total. The van der Waals surface area contributed by atoms with Crippen molar-refractivity contribution in [2.24, 2.45) is 0 Å². The van der Waals surface area contributed by atoms with Crippen LogP contribution in [0.3, 0.4) is 0 Å². The average molecular weight is 198 g/mol. The molecule has 2 nitrogen and oxygen atoms in total. The van der Waals surface area contributed by atoms with E-state index >= 15 is 0 Å². The van der Waals surface area contributed by atoms with E-state index in [-0.39, 0.29) is 6.54 Å². The molecule has 1 unspecified atom stereocenters. The van der Waals surface area contributed by atoms with Crippen molar-refractivity contribution in [1.29, 1.82) is 0 Å². The van der Waals surface area contributed by atoms with Gasteiger partial charge in [0.2, 0.25) is 0 Å². The molecule has 0 aromatic carbocycles. The quantitative estimate of drug-likeness (QED) is 0.743. The Labute approximate surface area is 81.4 Å². The molecule has 14 heavy (non-hydrogen) atoms. The van der Waals surface area contributed by atoms with Gasteiger partial charge in [0.05, 0.1) is 6.20 Å². The Hall–Kier alpha value is -1.03. The van der Waals surface area contributed by atoms with E-state index in [4.69, 9.17) is 0 Å². The molecule has 0 spiro atoms. The summed E-state index contributed by atoms with van der Waals surface area (Å²) < 4.78 is 27.1. The number of hydrogen-bond acceptors (Lipinski definition) is 2. The van der Waals surface area contributed by atoms with Crippen molar-refractivity contribution >= 4 is 0 Å². The van der Waals surface area contributed by atoms with Gasteiger partial charge in [-0.15, -0.1) is 0 Å². The number of nitrogens with one attached hydrogen (secondary N) is 1. The van der Waals surface area contributed by atoms with Gasteiger partial charge in [-0.1, -0.05) is 0 Å². The number of alkyl halides is 1. The van der Waals surface area contributed by atoms with E-state index in [9.17, 15) is 8.78 Å². The number of aromatic nitrogens is 1.